The first-order chi connectivity index (χ1) is 13.7. The summed E-state index contributed by atoms with van der Waals surface area (Å²) in [5.74, 6) is 2.97. The highest BCUT2D eigenvalue weighted by Crippen LogP contribution is 2.47. The Hall–Kier alpha value is -3.02. The molecule has 0 bridgehead atoms. The molecule has 0 spiro atoms. The van der Waals surface area contributed by atoms with Crippen LogP contribution < -0.4 is 9.47 Å². The van der Waals surface area contributed by atoms with Crippen molar-refractivity contribution in [2.24, 2.45) is 5.92 Å². The molecule has 0 radical (unpaired) electrons. The number of nitrogens with zero attached hydrogens (tertiary/aromatic N) is 4. The molecule has 2 unspecified atom stereocenters. The molecule has 4 rings (SSSR count). The third-order valence-electron chi connectivity index (χ3n) is 5.10. The lowest BCUT2D eigenvalue weighted by Gasteiger charge is -2.11. The number of pyridine rings is 2. The van der Waals surface area contributed by atoms with Gasteiger partial charge < -0.3 is 9.47 Å². The van der Waals surface area contributed by atoms with Gasteiger partial charge in [-0.1, -0.05) is 13.0 Å². The van der Waals surface area contributed by atoms with Crippen LogP contribution in [0.4, 0.5) is 0 Å². The summed E-state index contributed by atoms with van der Waals surface area (Å²) >= 11 is 0. The second kappa shape index (κ2) is 7.92. The van der Waals surface area contributed by atoms with Crippen molar-refractivity contribution in [2.45, 2.75) is 32.6 Å². The molecule has 0 amide bonds. The summed E-state index contributed by atoms with van der Waals surface area (Å²) in [4.78, 5) is 17.8. The first kappa shape index (κ1) is 18.3. The fraction of sp³-hybridized carbons (Fsp3) is 0.364. The minimum atomic E-state index is 0.433. The number of hydrogen-bond acceptors (Lipinski definition) is 6. The van der Waals surface area contributed by atoms with Gasteiger partial charge in [-0.15, -0.1) is 0 Å². The fourth-order valence-corrected chi connectivity index (χ4v) is 3.26. The summed E-state index contributed by atoms with van der Waals surface area (Å²) in [6.07, 6.45) is 7.43. The molecule has 144 valence electrons. The number of aryl methyl sites for hydroxylation is 2. The number of hydrogen-bond donors (Lipinski definition) is 0. The van der Waals surface area contributed by atoms with E-state index < -0.39 is 0 Å². The van der Waals surface area contributed by atoms with Gasteiger partial charge in [0, 0.05) is 41.2 Å². The van der Waals surface area contributed by atoms with Crippen molar-refractivity contribution in [3.05, 3.63) is 60.1 Å². The van der Waals surface area contributed by atoms with E-state index in [-0.39, 0.29) is 0 Å². The second-order valence-electron chi connectivity index (χ2n) is 7.06. The van der Waals surface area contributed by atoms with Crippen LogP contribution in [0.2, 0.25) is 0 Å². The highest BCUT2D eigenvalue weighted by atomic mass is 16.5. The lowest BCUT2D eigenvalue weighted by atomic mass is 10.1. The minimum absolute atomic E-state index is 0.433. The second-order valence-corrected chi connectivity index (χ2v) is 7.06. The smallest absolute Gasteiger partial charge is 0.224 e. The van der Waals surface area contributed by atoms with E-state index in [1.165, 1.54) is 0 Å². The molecule has 0 aromatic carbocycles. The lowest BCUT2D eigenvalue weighted by Crippen LogP contribution is -2.06. The van der Waals surface area contributed by atoms with E-state index in [9.17, 15) is 0 Å². The Kier molecular flexibility index (Phi) is 5.19. The first-order valence-electron chi connectivity index (χ1n) is 9.59. The van der Waals surface area contributed by atoms with Crippen LogP contribution >= 0.6 is 0 Å². The molecular formula is C22H24N4O2. The molecule has 6 nitrogen and oxygen atoms in total. The van der Waals surface area contributed by atoms with Gasteiger partial charge in [0.15, 0.2) is 0 Å². The molecule has 2 atom stereocenters. The Bertz CT molecular complexity index is 942. The van der Waals surface area contributed by atoms with Crippen molar-refractivity contribution in [3.63, 3.8) is 0 Å². The molecule has 0 saturated heterocycles. The zero-order valence-electron chi connectivity index (χ0n) is 16.4. The number of aromatic nitrogens is 4. The largest absolute Gasteiger partial charge is 0.495 e. The Labute approximate surface area is 165 Å². The molecule has 3 aromatic rings. The zero-order chi connectivity index (χ0) is 19.5. The normalized spacial score (nSPS) is 18.0. The van der Waals surface area contributed by atoms with Crippen LogP contribution in [0.5, 0.6) is 11.6 Å². The van der Waals surface area contributed by atoms with E-state index in [0.29, 0.717) is 30.1 Å². The molecule has 1 aliphatic carbocycles. The quantitative estimate of drug-likeness (QED) is 0.621. The van der Waals surface area contributed by atoms with E-state index >= 15 is 0 Å². The van der Waals surface area contributed by atoms with Crippen LogP contribution in [0.25, 0.3) is 11.1 Å². The Morgan fingerprint density at radius 3 is 2.61 bits per heavy atom. The zero-order valence-corrected chi connectivity index (χ0v) is 16.4. The monoisotopic (exact) mass is 376 g/mol. The van der Waals surface area contributed by atoms with Crippen molar-refractivity contribution < 1.29 is 9.47 Å². The average Bonchev–Trinajstić information content (AvgIpc) is 3.52. The third kappa shape index (κ3) is 3.96. The summed E-state index contributed by atoms with van der Waals surface area (Å²) in [7, 11) is 1.65. The van der Waals surface area contributed by atoms with E-state index in [0.717, 1.165) is 41.1 Å². The molecule has 1 aliphatic rings. The minimum Gasteiger partial charge on any atom is -0.495 e. The van der Waals surface area contributed by atoms with Crippen LogP contribution in [0.15, 0.2) is 42.9 Å². The summed E-state index contributed by atoms with van der Waals surface area (Å²) in [6.45, 7) is 4.58. The first-order valence-corrected chi connectivity index (χ1v) is 9.59. The SMILES string of the molecule is CCc1ccc(-c2cnc(C)nc2OCC2CC2c2ccc(OC)cn2)cn1. The van der Waals surface area contributed by atoms with Crippen molar-refractivity contribution >= 4 is 0 Å². The number of rotatable bonds is 7. The van der Waals surface area contributed by atoms with Gasteiger partial charge >= 0.3 is 0 Å². The summed E-state index contributed by atoms with van der Waals surface area (Å²) in [5.41, 5.74) is 4.00. The van der Waals surface area contributed by atoms with Crippen LogP contribution in [-0.4, -0.2) is 33.7 Å². The lowest BCUT2D eigenvalue weighted by molar-refractivity contribution is 0.285. The maximum atomic E-state index is 6.12. The Morgan fingerprint density at radius 2 is 1.93 bits per heavy atom. The topological polar surface area (TPSA) is 70.0 Å². The molecule has 3 aromatic heterocycles. The van der Waals surface area contributed by atoms with Crippen LogP contribution in [0.3, 0.4) is 0 Å². The van der Waals surface area contributed by atoms with E-state index in [1.54, 1.807) is 13.3 Å². The predicted molar refractivity (Wildman–Crippen MR) is 107 cm³/mol. The van der Waals surface area contributed by atoms with E-state index in [2.05, 4.69) is 26.9 Å². The number of ether oxygens (including phenoxy) is 2. The maximum Gasteiger partial charge on any atom is 0.224 e. The maximum absolute atomic E-state index is 6.12. The van der Waals surface area contributed by atoms with Crippen molar-refractivity contribution in [2.75, 3.05) is 13.7 Å². The predicted octanol–water partition coefficient (Wildman–Crippen LogP) is 4.00. The van der Waals surface area contributed by atoms with Gasteiger partial charge in [0.2, 0.25) is 5.88 Å². The van der Waals surface area contributed by atoms with Gasteiger partial charge in [0.05, 0.1) is 25.5 Å². The van der Waals surface area contributed by atoms with Gasteiger partial charge in [0.25, 0.3) is 0 Å². The molecule has 6 heteroatoms. The molecule has 0 aliphatic heterocycles. The van der Waals surface area contributed by atoms with Gasteiger partial charge in [0.1, 0.15) is 11.6 Å². The summed E-state index contributed by atoms with van der Waals surface area (Å²) < 4.78 is 11.3. The van der Waals surface area contributed by atoms with Crippen LogP contribution in [0, 0.1) is 12.8 Å². The van der Waals surface area contributed by atoms with Gasteiger partial charge in [-0.2, -0.15) is 4.98 Å². The number of methoxy groups -OCH3 is 1. The summed E-state index contributed by atoms with van der Waals surface area (Å²) in [6, 6.07) is 8.07. The van der Waals surface area contributed by atoms with Gasteiger partial charge in [-0.05, 0) is 38.0 Å². The fourth-order valence-electron chi connectivity index (χ4n) is 3.26. The molecule has 0 N–H and O–H groups in total. The standard InChI is InChI=1S/C22H24N4O2/c1-4-17-6-5-15(10-24-17)20-12-23-14(2)26-22(20)28-13-16-9-19(16)21-8-7-18(27-3)11-25-21/h5-8,10-12,16,19H,4,9,13H2,1-3H3. The average molecular weight is 376 g/mol. The summed E-state index contributed by atoms with van der Waals surface area (Å²) in [5, 5.41) is 0. The van der Waals surface area contributed by atoms with Crippen LogP contribution in [-0.2, 0) is 6.42 Å². The molecular weight excluding hydrogens is 352 g/mol. The highest BCUT2D eigenvalue weighted by Gasteiger charge is 2.40. The van der Waals surface area contributed by atoms with E-state index in [1.807, 2.05) is 43.6 Å². The Balaban J connectivity index is 1.45. The van der Waals surface area contributed by atoms with Crippen molar-refractivity contribution in [1.29, 1.82) is 0 Å². The van der Waals surface area contributed by atoms with E-state index in [4.69, 9.17) is 9.47 Å². The third-order valence-corrected chi connectivity index (χ3v) is 5.10. The van der Waals surface area contributed by atoms with Crippen LogP contribution in [0.1, 0.15) is 36.5 Å². The molecule has 28 heavy (non-hydrogen) atoms. The van der Waals surface area contributed by atoms with Crippen molar-refractivity contribution in [3.8, 4) is 22.8 Å². The molecule has 3 heterocycles. The Morgan fingerprint density at radius 1 is 1.04 bits per heavy atom. The van der Waals surface area contributed by atoms with Gasteiger partial charge in [-0.3, -0.25) is 9.97 Å². The highest BCUT2D eigenvalue weighted by molar-refractivity contribution is 5.66. The molecule has 1 fully saturated rings. The van der Waals surface area contributed by atoms with Crippen molar-refractivity contribution in [1.82, 2.24) is 19.9 Å². The molecule has 1 saturated carbocycles. The van der Waals surface area contributed by atoms with Gasteiger partial charge in [-0.25, -0.2) is 4.98 Å².